The zero-order chi connectivity index (χ0) is 10.7. The number of hydrogen-bond acceptors (Lipinski definition) is 4. The van der Waals surface area contributed by atoms with Crippen molar-refractivity contribution in [2.24, 2.45) is 0 Å². The lowest BCUT2D eigenvalue weighted by atomic mass is 9.99. The van der Waals surface area contributed by atoms with Gasteiger partial charge in [-0.25, -0.2) is 0 Å². The molecule has 15 heavy (non-hydrogen) atoms. The minimum atomic E-state index is 0.378. The number of aromatic nitrogens is 2. The lowest BCUT2D eigenvalue weighted by molar-refractivity contribution is 0.345. The van der Waals surface area contributed by atoms with Crippen molar-refractivity contribution >= 4 is 0 Å². The summed E-state index contributed by atoms with van der Waals surface area (Å²) in [7, 11) is 0. The van der Waals surface area contributed by atoms with Crippen LogP contribution in [0.25, 0.3) is 0 Å². The van der Waals surface area contributed by atoms with E-state index < -0.39 is 0 Å². The van der Waals surface area contributed by atoms with Crippen LogP contribution in [-0.2, 0) is 0 Å². The van der Waals surface area contributed by atoms with Crippen molar-refractivity contribution in [1.82, 2.24) is 15.5 Å². The maximum absolute atomic E-state index is 5.28. The zero-order valence-corrected chi connectivity index (χ0v) is 9.49. The Kier molecular flexibility index (Phi) is 3.36. The molecule has 1 aromatic heterocycles. The molecule has 0 saturated carbocycles. The van der Waals surface area contributed by atoms with Crippen molar-refractivity contribution < 1.29 is 4.52 Å². The average molecular weight is 209 g/mol. The van der Waals surface area contributed by atoms with Gasteiger partial charge in [0.25, 0.3) is 0 Å². The van der Waals surface area contributed by atoms with Crippen LogP contribution in [0, 0.1) is 0 Å². The van der Waals surface area contributed by atoms with Gasteiger partial charge < -0.3 is 9.84 Å². The molecule has 2 heterocycles. The van der Waals surface area contributed by atoms with Gasteiger partial charge >= 0.3 is 0 Å². The van der Waals surface area contributed by atoms with Gasteiger partial charge in [0.1, 0.15) is 0 Å². The van der Waals surface area contributed by atoms with E-state index in [-0.39, 0.29) is 0 Å². The minimum Gasteiger partial charge on any atom is -0.339 e. The summed E-state index contributed by atoms with van der Waals surface area (Å²) in [5.74, 6) is 2.50. The molecule has 1 N–H and O–H groups in total. The molecule has 0 radical (unpaired) electrons. The fraction of sp³-hybridized carbons (Fsp3) is 0.818. The normalized spacial score (nSPS) is 24.0. The molecule has 4 nitrogen and oxygen atoms in total. The highest BCUT2D eigenvalue weighted by Crippen LogP contribution is 2.23. The van der Waals surface area contributed by atoms with Crippen molar-refractivity contribution in [2.45, 2.75) is 44.9 Å². The number of rotatable bonds is 3. The molecule has 0 bridgehead atoms. The molecule has 2 rings (SSSR count). The Balaban J connectivity index is 2.05. The monoisotopic (exact) mass is 209 g/mol. The third-order valence-corrected chi connectivity index (χ3v) is 3.15. The molecule has 1 fully saturated rings. The molecule has 1 aliphatic rings. The van der Waals surface area contributed by atoms with Gasteiger partial charge in [-0.3, -0.25) is 0 Å². The smallest absolute Gasteiger partial charge is 0.229 e. The Morgan fingerprint density at radius 1 is 1.60 bits per heavy atom. The molecule has 0 aliphatic carbocycles. The van der Waals surface area contributed by atoms with E-state index in [0.29, 0.717) is 11.8 Å². The largest absolute Gasteiger partial charge is 0.339 e. The van der Waals surface area contributed by atoms with E-state index in [1.165, 1.54) is 12.8 Å². The molecule has 2 unspecified atom stereocenters. The molecule has 2 atom stereocenters. The van der Waals surface area contributed by atoms with Crippen molar-refractivity contribution in [2.75, 3.05) is 13.1 Å². The molecule has 4 heteroatoms. The molecule has 0 amide bonds. The van der Waals surface area contributed by atoms with E-state index in [0.717, 1.165) is 31.2 Å². The van der Waals surface area contributed by atoms with Crippen LogP contribution in [-0.4, -0.2) is 23.2 Å². The van der Waals surface area contributed by atoms with Gasteiger partial charge in [0.15, 0.2) is 5.82 Å². The first-order valence-corrected chi connectivity index (χ1v) is 5.85. The predicted molar refractivity (Wildman–Crippen MR) is 57.8 cm³/mol. The van der Waals surface area contributed by atoms with Gasteiger partial charge in [-0.05, 0) is 25.8 Å². The van der Waals surface area contributed by atoms with E-state index in [1.807, 2.05) is 0 Å². The summed E-state index contributed by atoms with van der Waals surface area (Å²) < 4.78 is 5.28. The van der Waals surface area contributed by atoms with Crippen LogP contribution >= 0.6 is 0 Å². The highest BCUT2D eigenvalue weighted by molar-refractivity contribution is 5.00. The Bertz CT molecular complexity index is 305. The highest BCUT2D eigenvalue weighted by atomic mass is 16.5. The minimum absolute atomic E-state index is 0.378. The SMILES string of the molecule is CCC(C)c1nc(C2CCCNC2)no1. The lowest BCUT2D eigenvalue weighted by Crippen LogP contribution is -2.28. The topological polar surface area (TPSA) is 51.0 Å². The van der Waals surface area contributed by atoms with Crippen LogP contribution in [0.4, 0.5) is 0 Å². The summed E-state index contributed by atoms with van der Waals surface area (Å²) in [6, 6.07) is 0. The summed E-state index contributed by atoms with van der Waals surface area (Å²) in [6.07, 6.45) is 3.43. The molecular weight excluding hydrogens is 190 g/mol. The maximum atomic E-state index is 5.28. The van der Waals surface area contributed by atoms with E-state index in [1.54, 1.807) is 0 Å². The summed E-state index contributed by atoms with van der Waals surface area (Å²) >= 11 is 0. The third-order valence-electron chi connectivity index (χ3n) is 3.15. The van der Waals surface area contributed by atoms with Crippen LogP contribution in [0.3, 0.4) is 0 Å². The number of nitrogens with one attached hydrogen (secondary N) is 1. The van der Waals surface area contributed by atoms with E-state index >= 15 is 0 Å². The summed E-state index contributed by atoms with van der Waals surface area (Å²) in [5, 5.41) is 7.45. The maximum Gasteiger partial charge on any atom is 0.229 e. The summed E-state index contributed by atoms with van der Waals surface area (Å²) in [4.78, 5) is 4.49. The first kappa shape index (κ1) is 10.6. The summed E-state index contributed by atoms with van der Waals surface area (Å²) in [5.41, 5.74) is 0. The molecule has 1 aliphatic heterocycles. The zero-order valence-electron chi connectivity index (χ0n) is 9.49. The van der Waals surface area contributed by atoms with Gasteiger partial charge in [0.05, 0.1) is 0 Å². The standard InChI is InChI=1S/C11H19N3O/c1-3-8(2)11-13-10(14-15-11)9-5-4-6-12-7-9/h8-9,12H,3-7H2,1-2H3. The van der Waals surface area contributed by atoms with Crippen molar-refractivity contribution in [3.05, 3.63) is 11.7 Å². The Hall–Kier alpha value is -0.900. The number of nitrogens with zero attached hydrogens (tertiary/aromatic N) is 2. The first-order valence-electron chi connectivity index (χ1n) is 5.85. The van der Waals surface area contributed by atoms with E-state index in [9.17, 15) is 0 Å². The van der Waals surface area contributed by atoms with Crippen molar-refractivity contribution in [3.8, 4) is 0 Å². The molecular formula is C11H19N3O. The summed E-state index contributed by atoms with van der Waals surface area (Å²) in [6.45, 7) is 6.36. The van der Waals surface area contributed by atoms with Crippen LogP contribution in [0.2, 0.25) is 0 Å². The Morgan fingerprint density at radius 3 is 3.13 bits per heavy atom. The van der Waals surface area contributed by atoms with Gasteiger partial charge in [0.2, 0.25) is 5.89 Å². The van der Waals surface area contributed by atoms with Gasteiger partial charge in [-0.15, -0.1) is 0 Å². The quantitative estimate of drug-likeness (QED) is 0.827. The van der Waals surface area contributed by atoms with Crippen molar-refractivity contribution in [1.29, 1.82) is 0 Å². The van der Waals surface area contributed by atoms with Crippen LogP contribution in [0.1, 0.15) is 56.7 Å². The third kappa shape index (κ3) is 2.37. The fourth-order valence-corrected chi connectivity index (χ4v) is 1.86. The number of hydrogen-bond donors (Lipinski definition) is 1. The van der Waals surface area contributed by atoms with Crippen LogP contribution < -0.4 is 5.32 Å². The second kappa shape index (κ2) is 4.75. The Labute approximate surface area is 90.4 Å². The predicted octanol–water partition coefficient (Wildman–Crippen LogP) is 2.05. The van der Waals surface area contributed by atoms with E-state index in [4.69, 9.17) is 4.52 Å². The van der Waals surface area contributed by atoms with Crippen LogP contribution in [0.15, 0.2) is 4.52 Å². The molecule has 1 aromatic rings. The van der Waals surface area contributed by atoms with Crippen molar-refractivity contribution in [3.63, 3.8) is 0 Å². The second-order valence-electron chi connectivity index (χ2n) is 4.34. The fourth-order valence-electron chi connectivity index (χ4n) is 1.86. The second-order valence-corrected chi connectivity index (χ2v) is 4.34. The highest BCUT2D eigenvalue weighted by Gasteiger charge is 2.21. The molecule has 84 valence electrons. The van der Waals surface area contributed by atoms with Gasteiger partial charge in [0, 0.05) is 18.4 Å². The van der Waals surface area contributed by atoms with Crippen LogP contribution in [0.5, 0.6) is 0 Å². The Morgan fingerprint density at radius 2 is 2.47 bits per heavy atom. The molecule has 1 saturated heterocycles. The van der Waals surface area contributed by atoms with Gasteiger partial charge in [-0.2, -0.15) is 4.98 Å². The molecule has 0 aromatic carbocycles. The van der Waals surface area contributed by atoms with E-state index in [2.05, 4.69) is 29.3 Å². The molecule has 0 spiro atoms. The average Bonchev–Trinajstić information content (AvgIpc) is 2.78. The lowest BCUT2D eigenvalue weighted by Gasteiger charge is -2.19. The van der Waals surface area contributed by atoms with Gasteiger partial charge in [-0.1, -0.05) is 19.0 Å². The number of piperidine rings is 1. The first-order chi connectivity index (χ1) is 7.31.